The lowest BCUT2D eigenvalue weighted by Crippen LogP contribution is -2.24. The SMILES string of the molecule is O=C(NCCC#Cc1ccccc1C(F)(F)F)OCc1ccccc1. The highest BCUT2D eigenvalue weighted by molar-refractivity contribution is 5.67. The number of carbonyl (C=O) groups excluding carboxylic acids is 1. The molecule has 0 atom stereocenters. The van der Waals surface area contributed by atoms with Gasteiger partial charge in [-0.2, -0.15) is 13.2 Å². The fourth-order valence-corrected chi connectivity index (χ4v) is 2.00. The lowest BCUT2D eigenvalue weighted by Gasteiger charge is -2.08. The Kier molecular flexibility index (Phi) is 6.47. The lowest BCUT2D eigenvalue weighted by molar-refractivity contribution is -0.137. The standard InChI is InChI=1S/C19H16F3NO2/c20-19(21,22)17-12-5-4-10-16(17)11-6-7-13-23-18(24)25-14-15-8-2-1-3-9-15/h1-5,8-10,12H,7,13-14H2,(H,23,24). The predicted molar refractivity (Wildman–Crippen MR) is 87.6 cm³/mol. The van der Waals surface area contributed by atoms with Gasteiger partial charge in [-0.1, -0.05) is 54.3 Å². The Morgan fingerprint density at radius 2 is 1.72 bits per heavy atom. The van der Waals surface area contributed by atoms with Crippen molar-refractivity contribution in [2.45, 2.75) is 19.2 Å². The molecule has 6 heteroatoms. The van der Waals surface area contributed by atoms with E-state index in [-0.39, 0.29) is 25.1 Å². The van der Waals surface area contributed by atoms with E-state index < -0.39 is 17.8 Å². The van der Waals surface area contributed by atoms with Crippen molar-refractivity contribution in [1.82, 2.24) is 5.32 Å². The Bertz CT molecular complexity index is 761. The van der Waals surface area contributed by atoms with E-state index in [4.69, 9.17) is 4.74 Å². The highest BCUT2D eigenvalue weighted by atomic mass is 19.4. The van der Waals surface area contributed by atoms with Gasteiger partial charge in [-0.05, 0) is 17.7 Å². The van der Waals surface area contributed by atoms with Crippen molar-refractivity contribution in [2.24, 2.45) is 0 Å². The number of carbonyl (C=O) groups is 1. The van der Waals surface area contributed by atoms with Crippen LogP contribution < -0.4 is 5.32 Å². The van der Waals surface area contributed by atoms with E-state index in [0.29, 0.717) is 0 Å². The number of halogens is 3. The quantitative estimate of drug-likeness (QED) is 0.659. The molecule has 0 aliphatic heterocycles. The number of nitrogens with one attached hydrogen (secondary N) is 1. The smallest absolute Gasteiger partial charge is 0.417 e. The summed E-state index contributed by atoms with van der Waals surface area (Å²) in [4.78, 5) is 11.5. The number of alkyl halides is 3. The summed E-state index contributed by atoms with van der Waals surface area (Å²) < 4.78 is 43.4. The van der Waals surface area contributed by atoms with Crippen LogP contribution in [0.5, 0.6) is 0 Å². The molecule has 0 radical (unpaired) electrons. The second-order valence-electron chi connectivity index (χ2n) is 5.08. The number of ether oxygens (including phenoxy) is 1. The van der Waals surface area contributed by atoms with Crippen LogP contribution in [0, 0.1) is 11.8 Å². The number of hydrogen-bond acceptors (Lipinski definition) is 2. The average molecular weight is 347 g/mol. The Hall–Kier alpha value is -2.94. The van der Waals surface area contributed by atoms with Crippen molar-refractivity contribution in [3.8, 4) is 11.8 Å². The van der Waals surface area contributed by atoms with E-state index in [0.717, 1.165) is 11.6 Å². The summed E-state index contributed by atoms with van der Waals surface area (Å²) in [6.45, 7) is 0.339. The largest absolute Gasteiger partial charge is 0.445 e. The molecule has 0 aliphatic rings. The summed E-state index contributed by atoms with van der Waals surface area (Å²) in [6, 6.07) is 14.3. The first-order valence-electron chi connectivity index (χ1n) is 7.56. The highest BCUT2D eigenvalue weighted by Crippen LogP contribution is 2.31. The topological polar surface area (TPSA) is 38.3 Å². The van der Waals surface area contributed by atoms with Crippen molar-refractivity contribution in [2.75, 3.05) is 6.54 Å². The van der Waals surface area contributed by atoms with E-state index in [9.17, 15) is 18.0 Å². The van der Waals surface area contributed by atoms with Gasteiger partial charge in [-0.3, -0.25) is 0 Å². The second kappa shape index (κ2) is 8.78. The summed E-state index contributed by atoms with van der Waals surface area (Å²) in [5.74, 6) is 5.11. The van der Waals surface area contributed by atoms with Gasteiger partial charge in [0, 0.05) is 18.5 Å². The minimum absolute atomic E-state index is 0.0818. The molecule has 0 aliphatic carbocycles. The first kappa shape index (κ1) is 18.4. The molecule has 0 spiro atoms. The molecule has 0 bridgehead atoms. The number of alkyl carbamates (subject to hydrolysis) is 1. The summed E-state index contributed by atoms with van der Waals surface area (Å²) in [6.07, 6.45) is -4.82. The van der Waals surface area contributed by atoms with Gasteiger partial charge in [0.25, 0.3) is 0 Å². The number of rotatable bonds is 4. The van der Waals surface area contributed by atoms with Crippen molar-refractivity contribution in [3.05, 3.63) is 71.3 Å². The molecule has 0 saturated heterocycles. The first-order valence-corrected chi connectivity index (χ1v) is 7.56. The molecule has 0 fully saturated rings. The molecule has 25 heavy (non-hydrogen) atoms. The van der Waals surface area contributed by atoms with E-state index >= 15 is 0 Å². The van der Waals surface area contributed by atoms with Gasteiger partial charge >= 0.3 is 12.3 Å². The number of amides is 1. The van der Waals surface area contributed by atoms with Crippen molar-refractivity contribution in [1.29, 1.82) is 0 Å². The Labute approximate surface area is 143 Å². The molecular weight excluding hydrogens is 331 g/mol. The molecule has 130 valence electrons. The molecule has 1 amide bonds. The van der Waals surface area contributed by atoms with Crippen LogP contribution in [0.4, 0.5) is 18.0 Å². The Morgan fingerprint density at radius 1 is 1.04 bits per heavy atom. The van der Waals surface area contributed by atoms with Crippen LogP contribution in [-0.2, 0) is 17.5 Å². The average Bonchev–Trinajstić information content (AvgIpc) is 2.60. The molecule has 2 aromatic rings. The first-order chi connectivity index (χ1) is 12.0. The van der Waals surface area contributed by atoms with E-state index in [1.807, 2.05) is 30.3 Å². The van der Waals surface area contributed by atoms with E-state index in [2.05, 4.69) is 17.2 Å². The molecule has 1 N–H and O–H groups in total. The third kappa shape index (κ3) is 6.22. The third-order valence-electron chi connectivity index (χ3n) is 3.19. The summed E-state index contributed by atoms with van der Waals surface area (Å²) in [7, 11) is 0. The van der Waals surface area contributed by atoms with Gasteiger partial charge in [0.1, 0.15) is 6.61 Å². The monoisotopic (exact) mass is 347 g/mol. The van der Waals surface area contributed by atoms with Crippen LogP contribution in [0.1, 0.15) is 23.1 Å². The summed E-state index contributed by atoms with van der Waals surface area (Å²) in [5.41, 5.74) is 0.0144. The normalized spacial score (nSPS) is 10.5. The lowest BCUT2D eigenvalue weighted by atomic mass is 10.1. The maximum absolute atomic E-state index is 12.8. The van der Waals surface area contributed by atoms with Gasteiger partial charge in [0.05, 0.1) is 5.56 Å². The Morgan fingerprint density at radius 3 is 2.44 bits per heavy atom. The molecular formula is C19H16F3NO2. The van der Waals surface area contributed by atoms with Gasteiger partial charge in [0.2, 0.25) is 0 Å². The zero-order valence-corrected chi connectivity index (χ0v) is 13.3. The van der Waals surface area contributed by atoms with Gasteiger partial charge in [0.15, 0.2) is 0 Å². The van der Waals surface area contributed by atoms with E-state index in [1.165, 1.54) is 18.2 Å². The maximum atomic E-state index is 12.8. The van der Waals surface area contributed by atoms with Crippen LogP contribution in [0.3, 0.4) is 0 Å². The fraction of sp³-hybridized carbons (Fsp3) is 0.211. The third-order valence-corrected chi connectivity index (χ3v) is 3.19. The maximum Gasteiger partial charge on any atom is 0.417 e. The van der Waals surface area contributed by atoms with Crippen molar-refractivity contribution >= 4 is 6.09 Å². The summed E-state index contributed by atoms with van der Waals surface area (Å²) in [5, 5.41) is 2.50. The van der Waals surface area contributed by atoms with E-state index in [1.54, 1.807) is 0 Å². The molecule has 2 aromatic carbocycles. The highest BCUT2D eigenvalue weighted by Gasteiger charge is 2.32. The van der Waals surface area contributed by atoms with Crippen molar-refractivity contribution in [3.63, 3.8) is 0 Å². The summed E-state index contributed by atoms with van der Waals surface area (Å²) >= 11 is 0. The van der Waals surface area contributed by atoms with Gasteiger partial charge in [-0.25, -0.2) is 4.79 Å². The molecule has 0 saturated carbocycles. The number of hydrogen-bond donors (Lipinski definition) is 1. The minimum Gasteiger partial charge on any atom is -0.445 e. The predicted octanol–water partition coefficient (Wildman–Crippen LogP) is 4.37. The fourth-order valence-electron chi connectivity index (χ4n) is 2.00. The minimum atomic E-state index is -4.44. The molecule has 0 aromatic heterocycles. The van der Waals surface area contributed by atoms with Crippen LogP contribution >= 0.6 is 0 Å². The molecule has 2 rings (SSSR count). The van der Waals surface area contributed by atoms with Crippen LogP contribution in [0.25, 0.3) is 0 Å². The second-order valence-corrected chi connectivity index (χ2v) is 5.08. The van der Waals surface area contributed by atoms with Crippen LogP contribution in [0.2, 0.25) is 0 Å². The van der Waals surface area contributed by atoms with Gasteiger partial charge in [-0.15, -0.1) is 0 Å². The van der Waals surface area contributed by atoms with Crippen LogP contribution in [-0.4, -0.2) is 12.6 Å². The molecule has 3 nitrogen and oxygen atoms in total. The Balaban J connectivity index is 1.77. The number of benzene rings is 2. The molecule has 0 unspecified atom stereocenters. The zero-order chi connectivity index (χ0) is 18.1. The van der Waals surface area contributed by atoms with Gasteiger partial charge < -0.3 is 10.1 Å². The zero-order valence-electron chi connectivity index (χ0n) is 13.3. The van der Waals surface area contributed by atoms with Crippen LogP contribution in [0.15, 0.2) is 54.6 Å². The molecule has 0 heterocycles. The van der Waals surface area contributed by atoms with Crippen molar-refractivity contribution < 1.29 is 22.7 Å².